The summed E-state index contributed by atoms with van der Waals surface area (Å²) < 4.78 is 6.27. The molecule has 0 saturated heterocycles. The Bertz CT molecular complexity index is 2300. The van der Waals surface area contributed by atoms with Gasteiger partial charge in [-0.25, -0.2) is 0 Å². The SMILES string of the molecule is c1cc2c3c(cccc3c1)-c1cc(-c3ccc(-c4ccc(-c5cccc6c5oc5ccccc56)cc4)cc3)ccc1S2. The van der Waals surface area contributed by atoms with Crippen LogP contribution in [-0.2, 0) is 0 Å². The van der Waals surface area contributed by atoms with E-state index in [1.54, 1.807) is 0 Å². The van der Waals surface area contributed by atoms with Crippen LogP contribution < -0.4 is 0 Å². The highest BCUT2D eigenvalue weighted by Crippen LogP contribution is 2.48. The summed E-state index contributed by atoms with van der Waals surface area (Å²) in [6.07, 6.45) is 0. The van der Waals surface area contributed by atoms with Crippen molar-refractivity contribution >= 4 is 44.5 Å². The highest BCUT2D eigenvalue weighted by Gasteiger charge is 2.19. The second kappa shape index (κ2) is 9.24. The van der Waals surface area contributed by atoms with Gasteiger partial charge in [0.2, 0.25) is 0 Å². The van der Waals surface area contributed by atoms with Crippen LogP contribution in [0.5, 0.6) is 0 Å². The van der Waals surface area contributed by atoms with E-state index in [1.165, 1.54) is 53.9 Å². The van der Waals surface area contributed by atoms with Crippen molar-refractivity contribution in [2.24, 2.45) is 0 Å². The van der Waals surface area contributed by atoms with Gasteiger partial charge in [0.1, 0.15) is 11.2 Å². The number of hydrogen-bond acceptors (Lipinski definition) is 2. The molecule has 0 fully saturated rings. The van der Waals surface area contributed by atoms with E-state index in [2.05, 4.69) is 133 Å². The van der Waals surface area contributed by atoms with Crippen molar-refractivity contribution < 1.29 is 4.42 Å². The van der Waals surface area contributed by atoms with Gasteiger partial charge >= 0.3 is 0 Å². The van der Waals surface area contributed by atoms with E-state index in [0.29, 0.717) is 0 Å². The maximum absolute atomic E-state index is 6.27. The first kappa shape index (κ1) is 23.6. The summed E-state index contributed by atoms with van der Waals surface area (Å²) in [5.74, 6) is 0. The van der Waals surface area contributed by atoms with Crippen molar-refractivity contribution in [1.29, 1.82) is 0 Å². The van der Waals surface area contributed by atoms with Crippen molar-refractivity contribution in [2.45, 2.75) is 9.79 Å². The van der Waals surface area contributed by atoms with Crippen molar-refractivity contribution in [2.75, 3.05) is 0 Å². The van der Waals surface area contributed by atoms with Gasteiger partial charge in [0, 0.05) is 31.5 Å². The molecule has 196 valence electrons. The van der Waals surface area contributed by atoms with Gasteiger partial charge in [0.25, 0.3) is 0 Å². The smallest absolute Gasteiger partial charge is 0.143 e. The molecule has 42 heavy (non-hydrogen) atoms. The van der Waals surface area contributed by atoms with E-state index in [1.807, 2.05) is 23.9 Å². The molecule has 0 aliphatic carbocycles. The van der Waals surface area contributed by atoms with E-state index < -0.39 is 0 Å². The molecule has 9 rings (SSSR count). The lowest BCUT2D eigenvalue weighted by Gasteiger charge is -2.21. The second-order valence-corrected chi connectivity index (χ2v) is 12.0. The molecule has 1 nitrogen and oxygen atoms in total. The van der Waals surface area contributed by atoms with Gasteiger partial charge in [-0.15, -0.1) is 0 Å². The molecular weight excluding hydrogens is 529 g/mol. The fourth-order valence-corrected chi connectivity index (χ4v) is 7.54. The van der Waals surface area contributed by atoms with Crippen molar-refractivity contribution in [3.63, 3.8) is 0 Å². The van der Waals surface area contributed by atoms with E-state index in [-0.39, 0.29) is 0 Å². The maximum Gasteiger partial charge on any atom is 0.143 e. The number of furan rings is 1. The Kier molecular flexibility index (Phi) is 5.20. The van der Waals surface area contributed by atoms with Crippen LogP contribution in [0.4, 0.5) is 0 Å². The Morgan fingerprint density at radius 2 is 1.02 bits per heavy atom. The molecule has 0 bridgehead atoms. The first-order valence-corrected chi connectivity index (χ1v) is 15.1. The quantitative estimate of drug-likeness (QED) is 0.216. The van der Waals surface area contributed by atoms with E-state index >= 15 is 0 Å². The molecule has 2 heterocycles. The predicted molar refractivity (Wildman–Crippen MR) is 177 cm³/mol. The van der Waals surface area contributed by atoms with Crippen LogP contribution in [0.3, 0.4) is 0 Å². The van der Waals surface area contributed by atoms with Gasteiger partial charge in [-0.3, -0.25) is 0 Å². The summed E-state index contributed by atoms with van der Waals surface area (Å²) in [7, 11) is 0. The van der Waals surface area contributed by atoms with E-state index in [0.717, 1.165) is 33.1 Å². The van der Waals surface area contributed by atoms with Crippen LogP contribution in [0.2, 0.25) is 0 Å². The monoisotopic (exact) mass is 552 g/mol. The molecule has 1 aliphatic rings. The molecule has 0 N–H and O–H groups in total. The molecule has 0 radical (unpaired) electrons. The first-order chi connectivity index (χ1) is 20.8. The third-order valence-corrected chi connectivity index (χ3v) is 9.64. The molecule has 2 heteroatoms. The first-order valence-electron chi connectivity index (χ1n) is 14.3. The zero-order valence-corrected chi connectivity index (χ0v) is 23.5. The Morgan fingerprint density at radius 3 is 1.83 bits per heavy atom. The topological polar surface area (TPSA) is 13.1 Å². The number of para-hydroxylation sites is 2. The lowest BCUT2D eigenvalue weighted by molar-refractivity contribution is 0.670. The van der Waals surface area contributed by atoms with Crippen LogP contribution in [0.25, 0.3) is 77.2 Å². The van der Waals surface area contributed by atoms with Crippen LogP contribution >= 0.6 is 11.8 Å². The molecule has 1 aromatic heterocycles. The van der Waals surface area contributed by atoms with Gasteiger partial charge < -0.3 is 4.42 Å². The Labute approximate surface area is 248 Å². The summed E-state index contributed by atoms with van der Waals surface area (Å²) in [5, 5.41) is 4.98. The number of benzene rings is 7. The molecule has 0 unspecified atom stereocenters. The molecule has 7 aromatic carbocycles. The number of rotatable bonds is 3. The third kappa shape index (κ3) is 3.66. The van der Waals surface area contributed by atoms with Crippen molar-refractivity contribution in [1.82, 2.24) is 0 Å². The fraction of sp³-hybridized carbons (Fsp3) is 0. The zero-order chi connectivity index (χ0) is 27.6. The average Bonchev–Trinajstić information content (AvgIpc) is 3.44. The molecule has 0 saturated carbocycles. The zero-order valence-electron chi connectivity index (χ0n) is 22.7. The Hall–Kier alpha value is -5.05. The normalized spacial score (nSPS) is 12.2. The van der Waals surface area contributed by atoms with Gasteiger partial charge in [0.05, 0.1) is 0 Å². The predicted octanol–water partition coefficient (Wildman–Crippen LogP) is 11.9. The van der Waals surface area contributed by atoms with Crippen LogP contribution in [0.1, 0.15) is 0 Å². The van der Waals surface area contributed by atoms with Gasteiger partial charge in [-0.05, 0) is 68.6 Å². The molecule has 0 amide bonds. The van der Waals surface area contributed by atoms with E-state index in [4.69, 9.17) is 4.42 Å². The number of hydrogen-bond donors (Lipinski definition) is 0. The molecule has 1 aliphatic heterocycles. The minimum atomic E-state index is 0.927. The largest absolute Gasteiger partial charge is 0.455 e. The minimum Gasteiger partial charge on any atom is -0.455 e. The maximum atomic E-state index is 6.27. The van der Waals surface area contributed by atoms with E-state index in [9.17, 15) is 0 Å². The molecule has 8 aromatic rings. The summed E-state index contributed by atoms with van der Waals surface area (Å²) in [6.45, 7) is 0. The van der Waals surface area contributed by atoms with Crippen molar-refractivity contribution in [3.8, 4) is 44.5 Å². The highest BCUT2D eigenvalue weighted by atomic mass is 32.2. The lowest BCUT2D eigenvalue weighted by atomic mass is 9.94. The van der Waals surface area contributed by atoms with Gasteiger partial charge in [-0.1, -0.05) is 133 Å². The second-order valence-electron chi connectivity index (χ2n) is 10.9. The number of fused-ring (bicyclic) bond motifs is 5. The van der Waals surface area contributed by atoms with Gasteiger partial charge in [0.15, 0.2) is 0 Å². The average molecular weight is 553 g/mol. The van der Waals surface area contributed by atoms with Gasteiger partial charge in [-0.2, -0.15) is 0 Å². The fourth-order valence-electron chi connectivity index (χ4n) is 6.42. The van der Waals surface area contributed by atoms with Crippen molar-refractivity contribution in [3.05, 3.63) is 146 Å². The summed E-state index contributed by atoms with van der Waals surface area (Å²) in [6, 6.07) is 52.5. The van der Waals surface area contributed by atoms with Crippen LogP contribution in [0, 0.1) is 0 Å². The third-order valence-electron chi connectivity index (χ3n) is 8.51. The summed E-state index contributed by atoms with van der Waals surface area (Å²) >= 11 is 1.87. The summed E-state index contributed by atoms with van der Waals surface area (Å²) in [5.41, 5.74) is 11.7. The summed E-state index contributed by atoms with van der Waals surface area (Å²) in [4.78, 5) is 2.66. The van der Waals surface area contributed by atoms with Crippen LogP contribution in [0.15, 0.2) is 160 Å². The standard InChI is InChI=1S/C40H24OS/c1-2-12-36-32(8-1)34-11-5-9-31(40(34)41-36)28-20-18-26(19-21-28)25-14-16-27(17-15-25)30-22-23-37-35(24-30)33-10-3-6-29-7-4-13-38(42-37)39(29)33/h1-24H. The lowest BCUT2D eigenvalue weighted by Crippen LogP contribution is -1.93. The minimum absolute atomic E-state index is 0.927. The molecule has 0 atom stereocenters. The molecule has 0 spiro atoms. The molecular formula is C40H24OS. The Balaban J connectivity index is 1.04. The van der Waals surface area contributed by atoms with Crippen LogP contribution in [-0.4, -0.2) is 0 Å². The highest BCUT2D eigenvalue weighted by molar-refractivity contribution is 7.99. The Morgan fingerprint density at radius 1 is 0.405 bits per heavy atom.